The molecule has 0 aliphatic rings. The molecule has 1 heterocycles. The van der Waals surface area contributed by atoms with Gasteiger partial charge in [0.1, 0.15) is 5.82 Å². The van der Waals surface area contributed by atoms with Crippen molar-refractivity contribution in [2.24, 2.45) is 0 Å². The number of carbonyl (C=O) groups excluding carboxylic acids is 1. The zero-order valence-corrected chi connectivity index (χ0v) is 11.1. The molecule has 0 saturated carbocycles. The highest BCUT2D eigenvalue weighted by atomic mass is 79.9. The monoisotopic (exact) mass is 313 g/mol. The number of thiophene rings is 1. The van der Waals surface area contributed by atoms with Crippen molar-refractivity contribution >= 4 is 38.7 Å². The number of rotatable bonds is 4. The Balaban J connectivity index is 1.99. The molecular weight excluding hydrogens is 305 g/mol. The zero-order chi connectivity index (χ0) is 12.3. The minimum Gasteiger partial charge on any atom is -0.375 e. The third-order valence-electron chi connectivity index (χ3n) is 2.16. The van der Waals surface area contributed by atoms with Gasteiger partial charge in [-0.15, -0.1) is 11.3 Å². The largest absolute Gasteiger partial charge is 0.375 e. The summed E-state index contributed by atoms with van der Waals surface area (Å²) in [7, 11) is 0. The van der Waals surface area contributed by atoms with Crippen molar-refractivity contribution in [3.63, 3.8) is 0 Å². The fourth-order valence-corrected chi connectivity index (χ4v) is 2.65. The average Bonchev–Trinajstić information content (AvgIpc) is 2.74. The molecule has 1 aromatic heterocycles. The molecule has 17 heavy (non-hydrogen) atoms. The second-order valence-electron chi connectivity index (χ2n) is 3.36. The predicted molar refractivity (Wildman–Crippen MR) is 71.2 cm³/mol. The van der Waals surface area contributed by atoms with Crippen LogP contribution in [-0.2, 0) is 0 Å². The summed E-state index contributed by atoms with van der Waals surface area (Å²) in [4.78, 5) is 12.4. The highest BCUT2D eigenvalue weighted by Crippen LogP contribution is 2.22. The fourth-order valence-electron chi connectivity index (χ4n) is 1.33. The van der Waals surface area contributed by atoms with E-state index < -0.39 is 0 Å². The van der Waals surface area contributed by atoms with Crippen molar-refractivity contribution in [3.05, 3.63) is 50.9 Å². The molecule has 0 amide bonds. The minimum atomic E-state index is -0.354. The van der Waals surface area contributed by atoms with Crippen molar-refractivity contribution in [3.8, 4) is 0 Å². The Morgan fingerprint density at radius 3 is 2.71 bits per heavy atom. The molecule has 0 aliphatic carbocycles. The Bertz CT molecular complexity index is 541. The van der Waals surface area contributed by atoms with Crippen LogP contribution in [0.2, 0.25) is 0 Å². The molecular formula is C12H9BrFNOS. The predicted octanol–water partition coefficient (Wildman–Crippen LogP) is 3.94. The molecule has 0 atom stereocenters. The summed E-state index contributed by atoms with van der Waals surface area (Å²) in [5.41, 5.74) is 0.344. The van der Waals surface area contributed by atoms with Crippen LogP contribution >= 0.6 is 27.3 Å². The van der Waals surface area contributed by atoms with Gasteiger partial charge in [-0.3, -0.25) is 4.79 Å². The van der Waals surface area contributed by atoms with E-state index >= 15 is 0 Å². The number of carbonyl (C=O) groups is 1. The number of para-hydroxylation sites is 1. The summed E-state index contributed by atoms with van der Waals surface area (Å²) in [6, 6.07) is 9.86. The van der Waals surface area contributed by atoms with Crippen molar-refractivity contribution in [2.75, 3.05) is 11.9 Å². The molecule has 2 nitrogen and oxygen atoms in total. The van der Waals surface area contributed by atoms with Gasteiger partial charge < -0.3 is 5.32 Å². The van der Waals surface area contributed by atoms with E-state index in [0.29, 0.717) is 10.6 Å². The van der Waals surface area contributed by atoms with Gasteiger partial charge in [-0.05, 0) is 40.2 Å². The van der Waals surface area contributed by atoms with Crippen molar-refractivity contribution in [2.45, 2.75) is 0 Å². The van der Waals surface area contributed by atoms with Gasteiger partial charge >= 0.3 is 0 Å². The molecule has 0 spiro atoms. The van der Waals surface area contributed by atoms with Gasteiger partial charge in [-0.1, -0.05) is 12.1 Å². The molecule has 2 aromatic rings. The molecule has 0 fully saturated rings. The van der Waals surface area contributed by atoms with Crippen molar-refractivity contribution < 1.29 is 9.18 Å². The van der Waals surface area contributed by atoms with Crippen LogP contribution < -0.4 is 5.32 Å². The lowest BCUT2D eigenvalue weighted by atomic mass is 10.2. The Kier molecular flexibility index (Phi) is 3.91. The lowest BCUT2D eigenvalue weighted by Gasteiger charge is -2.05. The number of ketones is 1. The molecule has 0 radical (unpaired) electrons. The Morgan fingerprint density at radius 1 is 1.29 bits per heavy atom. The number of nitrogens with one attached hydrogen (secondary N) is 1. The van der Waals surface area contributed by atoms with Crippen molar-refractivity contribution in [1.29, 1.82) is 0 Å². The maximum atomic E-state index is 13.3. The molecule has 1 aromatic carbocycles. The third-order valence-corrected chi connectivity index (χ3v) is 3.83. The van der Waals surface area contributed by atoms with Crippen LogP contribution in [0.4, 0.5) is 10.1 Å². The van der Waals surface area contributed by atoms with E-state index in [0.717, 1.165) is 3.79 Å². The molecule has 0 bridgehead atoms. The summed E-state index contributed by atoms with van der Waals surface area (Å²) in [6.07, 6.45) is 0. The minimum absolute atomic E-state index is 0.0519. The fraction of sp³-hybridized carbons (Fsp3) is 0.0833. The summed E-state index contributed by atoms with van der Waals surface area (Å²) < 4.78 is 14.2. The van der Waals surface area contributed by atoms with Crippen LogP contribution in [0.3, 0.4) is 0 Å². The van der Waals surface area contributed by atoms with Gasteiger partial charge in [-0.25, -0.2) is 4.39 Å². The van der Waals surface area contributed by atoms with Gasteiger partial charge in [0, 0.05) is 0 Å². The first-order chi connectivity index (χ1) is 8.16. The Labute approximate surface area is 111 Å². The third kappa shape index (κ3) is 3.14. The average molecular weight is 314 g/mol. The van der Waals surface area contributed by atoms with Gasteiger partial charge in [0.05, 0.1) is 20.9 Å². The maximum Gasteiger partial charge on any atom is 0.191 e. The first kappa shape index (κ1) is 12.3. The topological polar surface area (TPSA) is 29.1 Å². The highest BCUT2D eigenvalue weighted by Gasteiger charge is 2.09. The second-order valence-corrected chi connectivity index (χ2v) is 5.82. The number of anilines is 1. The normalized spacial score (nSPS) is 10.2. The van der Waals surface area contributed by atoms with Gasteiger partial charge in [0.2, 0.25) is 0 Å². The standard InChI is InChI=1S/C12H9BrFNOS/c13-12-6-5-11(17-12)10(16)7-15-9-4-2-1-3-8(9)14/h1-6,15H,7H2. The lowest BCUT2D eigenvalue weighted by molar-refractivity contribution is 0.101. The summed E-state index contributed by atoms with van der Waals surface area (Å²) >= 11 is 4.66. The number of hydrogen-bond acceptors (Lipinski definition) is 3. The van der Waals surface area contributed by atoms with Crippen LogP contribution in [0.25, 0.3) is 0 Å². The Hall–Kier alpha value is -1.20. The summed E-state index contributed by atoms with van der Waals surface area (Å²) in [5.74, 6) is -0.406. The molecule has 5 heteroatoms. The maximum absolute atomic E-state index is 13.3. The summed E-state index contributed by atoms with van der Waals surface area (Å²) in [5, 5.41) is 2.79. The first-order valence-corrected chi connectivity index (χ1v) is 6.54. The van der Waals surface area contributed by atoms with Gasteiger partial charge in [-0.2, -0.15) is 0 Å². The quantitative estimate of drug-likeness (QED) is 0.866. The second kappa shape index (κ2) is 5.42. The van der Waals surface area contributed by atoms with Crippen molar-refractivity contribution in [1.82, 2.24) is 0 Å². The van der Waals surface area contributed by atoms with Crippen LogP contribution in [0.1, 0.15) is 9.67 Å². The van der Waals surface area contributed by atoms with E-state index in [1.807, 2.05) is 6.07 Å². The van der Waals surface area contributed by atoms with Crippen LogP contribution in [-0.4, -0.2) is 12.3 Å². The SMILES string of the molecule is O=C(CNc1ccccc1F)c1ccc(Br)s1. The molecule has 0 aliphatic heterocycles. The first-order valence-electron chi connectivity index (χ1n) is 4.94. The van der Waals surface area contributed by atoms with E-state index in [1.165, 1.54) is 17.4 Å². The smallest absolute Gasteiger partial charge is 0.191 e. The number of halogens is 2. The van der Waals surface area contributed by atoms with E-state index in [9.17, 15) is 9.18 Å². The lowest BCUT2D eigenvalue weighted by Crippen LogP contribution is -2.13. The van der Waals surface area contributed by atoms with Crippen LogP contribution in [0, 0.1) is 5.82 Å². The van der Waals surface area contributed by atoms with E-state index in [-0.39, 0.29) is 18.1 Å². The summed E-state index contributed by atoms with van der Waals surface area (Å²) in [6.45, 7) is 0.0912. The number of benzene rings is 1. The molecule has 1 N–H and O–H groups in total. The number of hydrogen-bond donors (Lipinski definition) is 1. The molecule has 2 rings (SSSR count). The van der Waals surface area contributed by atoms with E-state index in [2.05, 4.69) is 21.2 Å². The molecule has 88 valence electrons. The number of Topliss-reactive ketones (excluding diaryl/α,β-unsaturated/α-hetero) is 1. The van der Waals surface area contributed by atoms with Crippen LogP contribution in [0.15, 0.2) is 40.2 Å². The van der Waals surface area contributed by atoms with Crippen LogP contribution in [0.5, 0.6) is 0 Å². The van der Waals surface area contributed by atoms with Gasteiger partial charge in [0.25, 0.3) is 0 Å². The van der Waals surface area contributed by atoms with E-state index in [1.54, 1.807) is 24.3 Å². The molecule has 0 saturated heterocycles. The Morgan fingerprint density at radius 2 is 2.06 bits per heavy atom. The van der Waals surface area contributed by atoms with E-state index in [4.69, 9.17) is 0 Å². The van der Waals surface area contributed by atoms with Gasteiger partial charge in [0.15, 0.2) is 5.78 Å². The highest BCUT2D eigenvalue weighted by molar-refractivity contribution is 9.11. The zero-order valence-electron chi connectivity index (χ0n) is 8.74. The molecule has 0 unspecified atom stereocenters.